The second-order valence-corrected chi connectivity index (χ2v) is 7.25. The SMILES string of the molecule is Cc1nn(CCO)cc1CN1CC[C@@](O)(CN2CCCCC2)C1. The highest BCUT2D eigenvalue weighted by atomic mass is 16.3. The molecule has 6 nitrogen and oxygen atoms in total. The summed E-state index contributed by atoms with van der Waals surface area (Å²) in [7, 11) is 0. The van der Waals surface area contributed by atoms with Gasteiger partial charge in [-0.2, -0.15) is 5.10 Å². The molecule has 1 aromatic rings. The van der Waals surface area contributed by atoms with Crippen molar-refractivity contribution in [2.75, 3.05) is 39.3 Å². The smallest absolute Gasteiger partial charge is 0.0912 e. The van der Waals surface area contributed by atoms with Crippen LogP contribution in [-0.4, -0.2) is 74.7 Å². The molecule has 0 saturated carbocycles. The molecule has 3 rings (SSSR count). The Labute approximate surface area is 138 Å². The molecule has 6 heteroatoms. The quantitative estimate of drug-likeness (QED) is 0.803. The fraction of sp³-hybridized carbons (Fsp3) is 0.824. The summed E-state index contributed by atoms with van der Waals surface area (Å²) < 4.78 is 1.81. The maximum absolute atomic E-state index is 10.9. The fourth-order valence-electron chi connectivity index (χ4n) is 3.91. The molecule has 23 heavy (non-hydrogen) atoms. The second kappa shape index (κ2) is 7.30. The topological polar surface area (TPSA) is 64.8 Å². The van der Waals surface area contributed by atoms with Crippen LogP contribution in [-0.2, 0) is 13.1 Å². The molecule has 0 aliphatic carbocycles. The molecule has 0 aromatic carbocycles. The van der Waals surface area contributed by atoms with Gasteiger partial charge in [-0.1, -0.05) is 6.42 Å². The van der Waals surface area contributed by atoms with Crippen molar-refractivity contribution < 1.29 is 10.2 Å². The predicted molar refractivity (Wildman–Crippen MR) is 89.2 cm³/mol. The Balaban J connectivity index is 1.54. The van der Waals surface area contributed by atoms with Crippen LogP contribution in [0.2, 0.25) is 0 Å². The highest BCUT2D eigenvalue weighted by Gasteiger charge is 2.37. The molecule has 2 aliphatic heterocycles. The molecule has 3 heterocycles. The van der Waals surface area contributed by atoms with E-state index in [1.54, 1.807) is 4.68 Å². The number of hydrogen-bond donors (Lipinski definition) is 2. The number of rotatable bonds is 6. The summed E-state index contributed by atoms with van der Waals surface area (Å²) in [5, 5.41) is 24.4. The molecule has 1 atom stereocenters. The Bertz CT molecular complexity index is 513. The van der Waals surface area contributed by atoms with E-state index in [0.29, 0.717) is 6.54 Å². The first kappa shape index (κ1) is 16.9. The lowest BCUT2D eigenvalue weighted by Crippen LogP contribution is -2.46. The van der Waals surface area contributed by atoms with Crippen LogP contribution in [0, 0.1) is 6.92 Å². The number of likely N-dealkylation sites (tertiary alicyclic amines) is 2. The summed E-state index contributed by atoms with van der Waals surface area (Å²) in [6, 6.07) is 0. The third-order valence-corrected chi connectivity index (χ3v) is 5.15. The summed E-state index contributed by atoms with van der Waals surface area (Å²) in [4.78, 5) is 4.76. The maximum Gasteiger partial charge on any atom is 0.0912 e. The Kier molecular flexibility index (Phi) is 5.36. The minimum atomic E-state index is -0.563. The zero-order valence-electron chi connectivity index (χ0n) is 14.2. The van der Waals surface area contributed by atoms with Gasteiger partial charge in [-0.05, 0) is 39.3 Å². The summed E-state index contributed by atoms with van der Waals surface area (Å²) >= 11 is 0. The summed E-state index contributed by atoms with van der Waals surface area (Å²) in [5.74, 6) is 0. The normalized spacial score (nSPS) is 26.9. The number of hydrogen-bond acceptors (Lipinski definition) is 5. The molecule has 0 spiro atoms. The van der Waals surface area contributed by atoms with Gasteiger partial charge in [0.05, 0.1) is 24.4 Å². The molecular weight excluding hydrogens is 292 g/mol. The first-order valence-corrected chi connectivity index (χ1v) is 8.89. The Morgan fingerprint density at radius 1 is 1.17 bits per heavy atom. The average Bonchev–Trinajstić information content (AvgIpc) is 3.04. The standard InChI is InChI=1S/C17H30N4O2/c1-15-16(12-21(18-15)9-10-22)11-20-8-5-17(23,14-20)13-19-6-3-2-4-7-19/h12,22-23H,2-11,13-14H2,1H3/t17-/m1/s1. The summed E-state index contributed by atoms with van der Waals surface area (Å²) in [5.41, 5.74) is 1.65. The average molecular weight is 322 g/mol. The monoisotopic (exact) mass is 322 g/mol. The third-order valence-electron chi connectivity index (χ3n) is 5.15. The number of aliphatic hydroxyl groups excluding tert-OH is 1. The van der Waals surface area contributed by atoms with Crippen molar-refractivity contribution in [3.05, 3.63) is 17.5 Å². The van der Waals surface area contributed by atoms with E-state index < -0.39 is 5.60 Å². The highest BCUT2D eigenvalue weighted by molar-refractivity contribution is 5.16. The summed E-state index contributed by atoms with van der Waals surface area (Å²) in [6.45, 7) is 8.26. The molecule has 1 aromatic heterocycles. The van der Waals surface area contributed by atoms with Crippen LogP contribution >= 0.6 is 0 Å². The number of aromatic nitrogens is 2. The van der Waals surface area contributed by atoms with E-state index in [2.05, 4.69) is 14.9 Å². The largest absolute Gasteiger partial charge is 0.394 e. The van der Waals surface area contributed by atoms with E-state index in [1.165, 1.54) is 24.8 Å². The molecule has 2 fully saturated rings. The summed E-state index contributed by atoms with van der Waals surface area (Å²) in [6.07, 6.45) is 6.74. The zero-order valence-corrected chi connectivity index (χ0v) is 14.2. The lowest BCUT2D eigenvalue weighted by Gasteiger charge is -2.33. The number of nitrogens with zero attached hydrogens (tertiary/aromatic N) is 4. The highest BCUT2D eigenvalue weighted by Crippen LogP contribution is 2.25. The number of aryl methyl sites for hydroxylation is 1. The number of aliphatic hydroxyl groups is 2. The van der Waals surface area contributed by atoms with Crippen molar-refractivity contribution >= 4 is 0 Å². The van der Waals surface area contributed by atoms with Gasteiger partial charge in [-0.3, -0.25) is 9.58 Å². The Hall–Kier alpha value is -0.950. The van der Waals surface area contributed by atoms with E-state index in [-0.39, 0.29) is 6.61 Å². The van der Waals surface area contributed by atoms with Gasteiger partial charge in [0.15, 0.2) is 0 Å². The van der Waals surface area contributed by atoms with E-state index >= 15 is 0 Å². The predicted octanol–water partition coefficient (Wildman–Crippen LogP) is 0.607. The van der Waals surface area contributed by atoms with Gasteiger partial charge in [0.1, 0.15) is 0 Å². The number of β-amino-alcohol motifs (C(OH)–C–C–N with tert-alkyl or cyclic N) is 1. The molecule has 2 saturated heterocycles. The van der Waals surface area contributed by atoms with Gasteiger partial charge in [-0.25, -0.2) is 0 Å². The second-order valence-electron chi connectivity index (χ2n) is 7.25. The van der Waals surface area contributed by atoms with Crippen LogP contribution in [0.1, 0.15) is 36.9 Å². The van der Waals surface area contributed by atoms with Crippen LogP contribution in [0.25, 0.3) is 0 Å². The van der Waals surface area contributed by atoms with Crippen molar-refractivity contribution in [2.45, 2.75) is 51.3 Å². The van der Waals surface area contributed by atoms with Crippen molar-refractivity contribution in [2.24, 2.45) is 0 Å². The van der Waals surface area contributed by atoms with E-state index in [0.717, 1.165) is 51.4 Å². The minimum Gasteiger partial charge on any atom is -0.394 e. The van der Waals surface area contributed by atoms with Crippen LogP contribution < -0.4 is 0 Å². The van der Waals surface area contributed by atoms with Crippen LogP contribution in [0.15, 0.2) is 6.20 Å². The van der Waals surface area contributed by atoms with Gasteiger partial charge >= 0.3 is 0 Å². The zero-order chi connectivity index (χ0) is 16.3. The van der Waals surface area contributed by atoms with Gasteiger partial charge in [-0.15, -0.1) is 0 Å². The molecule has 0 radical (unpaired) electrons. The molecule has 0 unspecified atom stereocenters. The lowest BCUT2D eigenvalue weighted by molar-refractivity contribution is 0.00633. The first-order chi connectivity index (χ1) is 11.1. The molecule has 2 aliphatic rings. The van der Waals surface area contributed by atoms with Crippen molar-refractivity contribution in [3.63, 3.8) is 0 Å². The van der Waals surface area contributed by atoms with Gasteiger partial charge in [0.2, 0.25) is 0 Å². The number of piperidine rings is 1. The van der Waals surface area contributed by atoms with Crippen molar-refractivity contribution in [1.29, 1.82) is 0 Å². The Morgan fingerprint density at radius 2 is 1.96 bits per heavy atom. The lowest BCUT2D eigenvalue weighted by atomic mass is 10.0. The van der Waals surface area contributed by atoms with Crippen LogP contribution in [0.5, 0.6) is 0 Å². The third kappa shape index (κ3) is 4.32. The van der Waals surface area contributed by atoms with Gasteiger partial charge in [0.25, 0.3) is 0 Å². The van der Waals surface area contributed by atoms with Gasteiger partial charge in [0, 0.05) is 37.9 Å². The molecule has 2 N–H and O–H groups in total. The van der Waals surface area contributed by atoms with Crippen LogP contribution in [0.4, 0.5) is 0 Å². The molecular formula is C17H30N4O2. The minimum absolute atomic E-state index is 0.111. The molecule has 0 bridgehead atoms. The van der Waals surface area contributed by atoms with Crippen molar-refractivity contribution in [3.8, 4) is 0 Å². The van der Waals surface area contributed by atoms with Gasteiger partial charge < -0.3 is 15.1 Å². The van der Waals surface area contributed by atoms with E-state index in [1.807, 2.05) is 13.1 Å². The maximum atomic E-state index is 10.9. The van der Waals surface area contributed by atoms with E-state index in [4.69, 9.17) is 5.11 Å². The molecule has 0 amide bonds. The fourth-order valence-corrected chi connectivity index (χ4v) is 3.91. The van der Waals surface area contributed by atoms with Crippen molar-refractivity contribution in [1.82, 2.24) is 19.6 Å². The van der Waals surface area contributed by atoms with E-state index in [9.17, 15) is 5.11 Å². The van der Waals surface area contributed by atoms with Crippen LogP contribution in [0.3, 0.4) is 0 Å². The first-order valence-electron chi connectivity index (χ1n) is 8.89. The Morgan fingerprint density at radius 3 is 2.70 bits per heavy atom. The molecule has 130 valence electrons.